The Labute approximate surface area is 157 Å². The smallest absolute Gasteiger partial charge is 0.326 e. The highest BCUT2D eigenvalue weighted by atomic mass is 31.2. The molecule has 1 atom stereocenters. The van der Waals surface area contributed by atoms with Gasteiger partial charge in [0.2, 0.25) is 7.37 Å². The van der Waals surface area contributed by atoms with Crippen LogP contribution in [0.1, 0.15) is 11.3 Å². The molecule has 1 unspecified atom stereocenters. The molecule has 0 aliphatic heterocycles. The van der Waals surface area contributed by atoms with Gasteiger partial charge in [0.05, 0.1) is 41.4 Å². The Hall–Kier alpha value is -2.87. The molecule has 28 heavy (non-hydrogen) atoms. The summed E-state index contributed by atoms with van der Waals surface area (Å²) in [6, 6.07) is 7.29. The van der Waals surface area contributed by atoms with E-state index in [4.69, 9.17) is 0 Å². The molecule has 0 radical (unpaired) electrons. The van der Waals surface area contributed by atoms with E-state index in [-0.39, 0.29) is 18.5 Å². The van der Waals surface area contributed by atoms with Gasteiger partial charge >= 0.3 is 5.69 Å². The Morgan fingerprint density at radius 3 is 2.75 bits per heavy atom. The summed E-state index contributed by atoms with van der Waals surface area (Å²) >= 11 is 0. The molecule has 1 aromatic carbocycles. The minimum absolute atomic E-state index is 0.0519. The van der Waals surface area contributed by atoms with E-state index in [0.717, 1.165) is 12.7 Å². The maximum Gasteiger partial charge on any atom is 0.326 e. The number of nitrogens with zero attached hydrogens (tertiary/aromatic N) is 3. The lowest BCUT2D eigenvalue weighted by molar-refractivity contribution is 0.277. The lowest BCUT2D eigenvalue weighted by Gasteiger charge is -2.10. The second-order valence-corrected chi connectivity index (χ2v) is 8.77. The average molecular weight is 402 g/mol. The number of fused-ring (bicyclic) bond motifs is 3. The molecule has 4 aromatic rings. The van der Waals surface area contributed by atoms with Crippen molar-refractivity contribution in [2.75, 3.05) is 6.66 Å². The highest BCUT2D eigenvalue weighted by molar-refractivity contribution is 7.65. The number of pyridine rings is 2. The second kappa shape index (κ2) is 6.63. The Kier molecular flexibility index (Phi) is 4.38. The number of aromatic nitrogens is 4. The summed E-state index contributed by atoms with van der Waals surface area (Å²) < 4.78 is 27.4. The summed E-state index contributed by atoms with van der Waals surface area (Å²) in [4.78, 5) is 33.2. The van der Waals surface area contributed by atoms with Crippen LogP contribution in [0.4, 0.5) is 4.39 Å². The Balaban J connectivity index is 1.86. The molecule has 3 N–H and O–H groups in total. The van der Waals surface area contributed by atoms with Crippen molar-refractivity contribution in [1.82, 2.24) is 19.5 Å². The largest absolute Gasteiger partial charge is 0.390 e. The third-order valence-electron chi connectivity index (χ3n) is 4.48. The molecule has 144 valence electrons. The monoisotopic (exact) mass is 402 g/mol. The third kappa shape index (κ3) is 3.13. The Morgan fingerprint density at radius 2 is 2.07 bits per heavy atom. The molecule has 0 fully saturated rings. The number of H-pyrrole nitrogens is 1. The number of rotatable bonds is 4. The predicted molar refractivity (Wildman–Crippen MR) is 102 cm³/mol. The van der Waals surface area contributed by atoms with Gasteiger partial charge in [-0.1, -0.05) is 6.07 Å². The highest BCUT2D eigenvalue weighted by Gasteiger charge is 2.20. The van der Waals surface area contributed by atoms with E-state index in [2.05, 4.69) is 15.0 Å². The standard InChI is InChI=1S/C18H16FN4O4P/c1-28(26,27)15-5-2-10(6-13(15)19)8-23-16-12-4-3-11(9-24)21-17(12)20-7-14(16)22-18(23)25/h2-7,24H,8-9H2,1H3,(H,22,25)(H,26,27). The van der Waals surface area contributed by atoms with Crippen molar-refractivity contribution >= 4 is 34.7 Å². The summed E-state index contributed by atoms with van der Waals surface area (Å²) in [7, 11) is -3.72. The van der Waals surface area contributed by atoms with Crippen molar-refractivity contribution in [3.8, 4) is 0 Å². The van der Waals surface area contributed by atoms with Crippen LogP contribution in [0, 0.1) is 5.82 Å². The fourth-order valence-electron chi connectivity index (χ4n) is 3.18. The predicted octanol–water partition coefficient (Wildman–Crippen LogP) is 1.48. The fraction of sp³-hybridized carbons (Fsp3) is 0.167. The maximum atomic E-state index is 14.3. The lowest BCUT2D eigenvalue weighted by atomic mass is 10.2. The summed E-state index contributed by atoms with van der Waals surface area (Å²) in [5, 5.41) is 9.60. The van der Waals surface area contributed by atoms with Gasteiger partial charge in [-0.2, -0.15) is 0 Å². The van der Waals surface area contributed by atoms with Crippen molar-refractivity contribution in [2.45, 2.75) is 13.2 Å². The first-order chi connectivity index (χ1) is 13.3. The molecular formula is C18H16FN4O4P. The quantitative estimate of drug-likeness (QED) is 0.445. The van der Waals surface area contributed by atoms with Gasteiger partial charge in [0.1, 0.15) is 5.82 Å². The zero-order valence-electron chi connectivity index (χ0n) is 14.8. The molecule has 0 bridgehead atoms. The van der Waals surface area contributed by atoms with Crippen molar-refractivity contribution < 1.29 is 19.0 Å². The Bertz CT molecular complexity index is 1320. The first-order valence-corrected chi connectivity index (χ1v) is 10.5. The van der Waals surface area contributed by atoms with Crippen LogP contribution in [0.3, 0.4) is 0 Å². The molecule has 10 heteroatoms. The molecule has 3 heterocycles. The fourth-order valence-corrected chi connectivity index (χ4v) is 3.99. The van der Waals surface area contributed by atoms with E-state index in [1.165, 1.54) is 22.9 Å². The number of imidazole rings is 1. The van der Waals surface area contributed by atoms with Crippen molar-refractivity contribution in [3.05, 3.63) is 64.1 Å². The molecule has 0 amide bonds. The number of nitrogens with one attached hydrogen (secondary N) is 1. The van der Waals surface area contributed by atoms with Crippen molar-refractivity contribution in [2.24, 2.45) is 0 Å². The van der Waals surface area contributed by atoms with Gasteiger partial charge in [0.25, 0.3) is 0 Å². The number of benzene rings is 1. The number of aliphatic hydroxyl groups excluding tert-OH is 1. The molecule has 0 saturated carbocycles. The normalized spacial score (nSPS) is 13.9. The number of aliphatic hydroxyl groups is 1. The molecule has 3 aromatic heterocycles. The molecule has 0 aliphatic carbocycles. The van der Waals surface area contributed by atoms with Crippen LogP contribution in [0.2, 0.25) is 0 Å². The van der Waals surface area contributed by atoms with Crippen LogP contribution >= 0.6 is 7.37 Å². The van der Waals surface area contributed by atoms with Gasteiger partial charge in [-0.3, -0.25) is 9.13 Å². The molecule has 0 aliphatic rings. The lowest BCUT2D eigenvalue weighted by Crippen LogP contribution is -2.18. The number of hydrogen-bond acceptors (Lipinski definition) is 5. The number of aromatic amines is 1. The molecule has 8 nitrogen and oxygen atoms in total. The third-order valence-corrected chi connectivity index (χ3v) is 5.73. The van der Waals surface area contributed by atoms with E-state index in [9.17, 15) is 23.7 Å². The maximum absolute atomic E-state index is 14.3. The van der Waals surface area contributed by atoms with Crippen LogP contribution in [-0.4, -0.2) is 36.2 Å². The minimum Gasteiger partial charge on any atom is -0.390 e. The van der Waals surface area contributed by atoms with E-state index in [0.29, 0.717) is 33.3 Å². The highest BCUT2D eigenvalue weighted by Crippen LogP contribution is 2.35. The van der Waals surface area contributed by atoms with Gasteiger partial charge in [-0.25, -0.2) is 19.2 Å². The van der Waals surface area contributed by atoms with Gasteiger partial charge in [-0.05, 0) is 29.8 Å². The number of hydrogen-bond donors (Lipinski definition) is 3. The van der Waals surface area contributed by atoms with Crippen LogP contribution in [0.25, 0.3) is 22.1 Å². The van der Waals surface area contributed by atoms with E-state index in [1.54, 1.807) is 12.1 Å². The van der Waals surface area contributed by atoms with Gasteiger partial charge in [0.15, 0.2) is 5.65 Å². The van der Waals surface area contributed by atoms with E-state index >= 15 is 0 Å². The van der Waals surface area contributed by atoms with Gasteiger partial charge < -0.3 is 15.0 Å². The first kappa shape index (κ1) is 18.5. The zero-order valence-corrected chi connectivity index (χ0v) is 15.7. The van der Waals surface area contributed by atoms with Gasteiger partial charge in [-0.15, -0.1) is 0 Å². The number of halogens is 1. The molecule has 0 saturated heterocycles. The molecule has 4 rings (SSSR count). The summed E-state index contributed by atoms with van der Waals surface area (Å²) in [5.74, 6) is -0.792. The molecular weight excluding hydrogens is 386 g/mol. The zero-order chi connectivity index (χ0) is 20.1. The summed E-state index contributed by atoms with van der Waals surface area (Å²) in [5.41, 5.74) is 1.95. The van der Waals surface area contributed by atoms with Crippen molar-refractivity contribution in [1.29, 1.82) is 0 Å². The van der Waals surface area contributed by atoms with Crippen LogP contribution < -0.4 is 11.0 Å². The minimum atomic E-state index is -3.72. The van der Waals surface area contributed by atoms with Crippen LogP contribution in [0.5, 0.6) is 0 Å². The van der Waals surface area contributed by atoms with Crippen LogP contribution in [-0.2, 0) is 17.7 Å². The molecule has 0 spiro atoms. The Morgan fingerprint density at radius 1 is 1.29 bits per heavy atom. The first-order valence-electron chi connectivity index (χ1n) is 8.35. The average Bonchev–Trinajstić information content (AvgIpc) is 2.96. The SMILES string of the molecule is CP(=O)(O)c1ccc(Cn2c(=O)[nH]c3cnc4nc(CO)ccc4c32)cc1F. The van der Waals surface area contributed by atoms with E-state index < -0.39 is 18.9 Å². The van der Waals surface area contributed by atoms with Crippen molar-refractivity contribution in [3.63, 3.8) is 0 Å². The summed E-state index contributed by atoms with van der Waals surface area (Å²) in [6.45, 7) is 0.895. The van der Waals surface area contributed by atoms with Gasteiger partial charge in [0, 0.05) is 12.1 Å². The van der Waals surface area contributed by atoms with Crippen LogP contribution in [0.15, 0.2) is 41.3 Å². The summed E-state index contributed by atoms with van der Waals surface area (Å²) in [6.07, 6.45) is 1.48. The van der Waals surface area contributed by atoms with E-state index in [1.807, 2.05) is 0 Å². The second-order valence-electron chi connectivity index (χ2n) is 6.53. The topological polar surface area (TPSA) is 121 Å².